The van der Waals surface area contributed by atoms with Gasteiger partial charge in [0.1, 0.15) is 5.76 Å². The molecule has 5 atom stereocenters. The van der Waals surface area contributed by atoms with Gasteiger partial charge in [-0.05, 0) is 81.2 Å². The molecule has 0 radical (unpaired) electrons. The van der Waals surface area contributed by atoms with Crippen LogP contribution in [0.2, 0.25) is 0 Å². The molecule has 4 bridgehead atoms. The van der Waals surface area contributed by atoms with Crippen LogP contribution in [0.3, 0.4) is 0 Å². The van der Waals surface area contributed by atoms with Gasteiger partial charge >= 0.3 is 0 Å². The maximum atomic E-state index is 7.14. The summed E-state index contributed by atoms with van der Waals surface area (Å²) in [6.07, 6.45) is 11.7. The topological polar surface area (TPSA) is 33.7 Å². The van der Waals surface area contributed by atoms with E-state index in [4.69, 9.17) is 9.47 Å². The van der Waals surface area contributed by atoms with Crippen LogP contribution in [0.1, 0.15) is 45.4 Å². The number of likely N-dealkylation sites (tertiary alicyclic amines) is 1. The Morgan fingerprint density at radius 3 is 2.73 bits per heavy atom. The summed E-state index contributed by atoms with van der Waals surface area (Å²) in [5.74, 6) is 1.79. The lowest BCUT2D eigenvalue weighted by Gasteiger charge is -2.69. The number of ether oxygens (including phenoxy) is 2. The molecule has 3 spiro atoms. The molecule has 8 rings (SSSR count). The predicted octanol–water partition coefficient (Wildman–Crippen LogP) is 5.31. The summed E-state index contributed by atoms with van der Waals surface area (Å²) < 4.78 is 12.8. The van der Waals surface area contributed by atoms with E-state index in [1.54, 1.807) is 12.7 Å². The molecule has 4 aliphatic carbocycles. The minimum atomic E-state index is -0.0639. The maximum Gasteiger partial charge on any atom is 0.118 e. The van der Waals surface area contributed by atoms with Crippen molar-refractivity contribution in [3.8, 4) is 0 Å². The van der Waals surface area contributed by atoms with E-state index in [0.29, 0.717) is 6.04 Å². The lowest BCUT2D eigenvalue weighted by atomic mass is 9.50. The van der Waals surface area contributed by atoms with Gasteiger partial charge in [-0.25, -0.2) is 0 Å². The molecule has 3 saturated carbocycles. The van der Waals surface area contributed by atoms with Gasteiger partial charge in [-0.15, -0.1) is 0 Å². The highest BCUT2D eigenvalue weighted by molar-refractivity contribution is 5.58. The van der Waals surface area contributed by atoms with Gasteiger partial charge in [0, 0.05) is 29.6 Å². The molecule has 5 unspecified atom stereocenters. The lowest BCUT2D eigenvalue weighted by molar-refractivity contribution is -0.246. The standard InChI is InChI=1S/C29H36N2O2/c1-4-23(32-3)14-24-20(2)27-17-28(24)16-26(30-22-8-6-5-7-9-22)12-13-29(28,33-19-26)25(27)31(18-27)15-21-10-11-21/h4-9,14,21,25,30H,1,10-13,15-19H2,2-3H3. The van der Waals surface area contributed by atoms with E-state index in [1.807, 2.05) is 6.08 Å². The molecule has 1 aromatic carbocycles. The Hall–Kier alpha value is -2.04. The van der Waals surface area contributed by atoms with E-state index in [1.165, 1.54) is 50.0 Å². The molecule has 174 valence electrons. The average Bonchev–Trinajstić information content (AvgIpc) is 3.57. The van der Waals surface area contributed by atoms with Crippen molar-refractivity contribution in [2.45, 2.75) is 62.6 Å². The van der Waals surface area contributed by atoms with Crippen molar-refractivity contribution in [2.75, 3.05) is 32.1 Å². The highest BCUT2D eigenvalue weighted by Crippen LogP contribution is 2.80. The van der Waals surface area contributed by atoms with Crippen molar-refractivity contribution < 1.29 is 9.47 Å². The molecule has 3 heterocycles. The van der Waals surface area contributed by atoms with Gasteiger partial charge in [0.15, 0.2) is 0 Å². The van der Waals surface area contributed by atoms with Gasteiger partial charge in [0.05, 0.1) is 30.9 Å². The zero-order valence-electron chi connectivity index (χ0n) is 20.0. The van der Waals surface area contributed by atoms with Crippen LogP contribution in [0.4, 0.5) is 5.69 Å². The first kappa shape index (κ1) is 20.3. The molecule has 7 aliphatic rings. The van der Waals surface area contributed by atoms with Crippen LogP contribution in [0.5, 0.6) is 0 Å². The summed E-state index contributed by atoms with van der Waals surface area (Å²) >= 11 is 0. The zero-order chi connectivity index (χ0) is 22.5. The normalized spacial score (nSPS) is 43.2. The number of anilines is 1. The van der Waals surface area contributed by atoms with Gasteiger partial charge in [0.2, 0.25) is 0 Å². The number of nitrogens with one attached hydrogen (secondary N) is 1. The van der Waals surface area contributed by atoms with E-state index in [0.717, 1.165) is 31.1 Å². The van der Waals surface area contributed by atoms with E-state index >= 15 is 0 Å². The van der Waals surface area contributed by atoms with Crippen LogP contribution in [-0.2, 0) is 9.47 Å². The van der Waals surface area contributed by atoms with Crippen LogP contribution in [0, 0.1) is 16.7 Å². The predicted molar refractivity (Wildman–Crippen MR) is 131 cm³/mol. The fraction of sp³-hybridized carbons (Fsp3) is 0.586. The van der Waals surface area contributed by atoms with Crippen LogP contribution >= 0.6 is 0 Å². The Balaban J connectivity index is 1.33. The third-order valence-corrected chi connectivity index (χ3v) is 10.2. The van der Waals surface area contributed by atoms with Crippen molar-refractivity contribution in [1.29, 1.82) is 0 Å². The first-order chi connectivity index (χ1) is 16.0. The molecular weight excluding hydrogens is 408 g/mol. The second-order valence-electron chi connectivity index (χ2n) is 11.8. The fourth-order valence-electron chi connectivity index (χ4n) is 8.84. The number of benzene rings is 1. The van der Waals surface area contributed by atoms with E-state index in [-0.39, 0.29) is 22.0 Å². The number of nitrogens with zero attached hydrogens (tertiary/aromatic N) is 1. The number of methoxy groups -OCH3 is 1. The second kappa shape index (κ2) is 6.55. The Kier molecular flexibility index (Phi) is 4.03. The molecule has 3 saturated heterocycles. The quantitative estimate of drug-likeness (QED) is 0.457. The first-order valence-corrected chi connectivity index (χ1v) is 12.8. The summed E-state index contributed by atoms with van der Waals surface area (Å²) in [5, 5.41) is 3.95. The third kappa shape index (κ3) is 2.44. The van der Waals surface area contributed by atoms with Crippen LogP contribution in [0.15, 0.2) is 66.0 Å². The van der Waals surface area contributed by atoms with Crippen molar-refractivity contribution in [2.24, 2.45) is 16.7 Å². The zero-order valence-corrected chi connectivity index (χ0v) is 20.0. The average molecular weight is 445 g/mol. The summed E-state index contributed by atoms with van der Waals surface area (Å²) in [5.41, 5.74) is 4.52. The van der Waals surface area contributed by atoms with E-state index < -0.39 is 0 Å². The number of hydrogen-bond acceptors (Lipinski definition) is 4. The van der Waals surface area contributed by atoms with Gasteiger partial charge in [0.25, 0.3) is 0 Å². The van der Waals surface area contributed by atoms with Crippen molar-refractivity contribution in [3.63, 3.8) is 0 Å². The molecule has 0 amide bonds. The lowest BCUT2D eigenvalue weighted by Crippen LogP contribution is -2.77. The number of allylic oxidation sites excluding steroid dienone is 2. The van der Waals surface area contributed by atoms with Gasteiger partial charge in [-0.1, -0.05) is 30.4 Å². The SMILES string of the molecule is C=CC(=CC1=C(C)C23CN(CC4CC4)C2C24CCC(Nc5ccccc5)(CO2)CC14C3)OC. The van der Waals surface area contributed by atoms with Crippen LogP contribution in [0.25, 0.3) is 0 Å². The monoisotopic (exact) mass is 444 g/mol. The Labute approximate surface area is 197 Å². The minimum absolute atomic E-state index is 0.0134. The van der Waals surface area contributed by atoms with Crippen molar-refractivity contribution in [3.05, 3.63) is 66.0 Å². The van der Waals surface area contributed by atoms with Crippen LogP contribution < -0.4 is 5.32 Å². The largest absolute Gasteiger partial charge is 0.497 e. The van der Waals surface area contributed by atoms with Gasteiger partial charge in [-0.3, -0.25) is 4.90 Å². The van der Waals surface area contributed by atoms with Crippen molar-refractivity contribution in [1.82, 2.24) is 4.90 Å². The molecule has 1 aromatic rings. The number of fused-ring (bicyclic) bond motifs is 2. The fourth-order valence-corrected chi connectivity index (χ4v) is 8.84. The maximum absolute atomic E-state index is 7.14. The van der Waals surface area contributed by atoms with E-state index in [2.05, 4.69) is 60.1 Å². The summed E-state index contributed by atoms with van der Waals surface area (Å²) in [7, 11) is 1.76. The number of para-hydroxylation sites is 1. The van der Waals surface area contributed by atoms with Crippen LogP contribution in [-0.4, -0.2) is 48.9 Å². The molecule has 4 nitrogen and oxygen atoms in total. The molecule has 4 heteroatoms. The number of hydrogen-bond donors (Lipinski definition) is 1. The highest BCUT2D eigenvalue weighted by atomic mass is 16.5. The first-order valence-electron chi connectivity index (χ1n) is 12.8. The molecular formula is C29H36N2O2. The highest BCUT2D eigenvalue weighted by Gasteiger charge is 2.84. The summed E-state index contributed by atoms with van der Waals surface area (Å²) in [6.45, 7) is 9.71. The number of rotatable bonds is 7. The molecule has 33 heavy (non-hydrogen) atoms. The summed E-state index contributed by atoms with van der Waals surface area (Å²) in [6, 6.07) is 11.3. The Morgan fingerprint density at radius 1 is 1.24 bits per heavy atom. The Bertz CT molecular complexity index is 1060. The van der Waals surface area contributed by atoms with Gasteiger partial charge in [-0.2, -0.15) is 0 Å². The molecule has 0 aromatic heterocycles. The molecule has 1 N–H and O–H groups in total. The smallest absolute Gasteiger partial charge is 0.118 e. The van der Waals surface area contributed by atoms with E-state index in [9.17, 15) is 0 Å². The molecule has 3 aliphatic heterocycles. The third-order valence-electron chi connectivity index (χ3n) is 10.2. The van der Waals surface area contributed by atoms with Crippen molar-refractivity contribution >= 4 is 5.69 Å². The van der Waals surface area contributed by atoms with Gasteiger partial charge < -0.3 is 14.8 Å². The Morgan fingerprint density at radius 2 is 2.06 bits per heavy atom. The summed E-state index contributed by atoms with van der Waals surface area (Å²) in [4.78, 5) is 2.82. The molecule has 6 fully saturated rings. The minimum Gasteiger partial charge on any atom is -0.497 e. The second-order valence-corrected chi connectivity index (χ2v) is 11.8.